The first-order valence-corrected chi connectivity index (χ1v) is 11.1. The molecule has 1 aliphatic rings. The van der Waals surface area contributed by atoms with Crippen LogP contribution in [0.5, 0.6) is 0 Å². The summed E-state index contributed by atoms with van der Waals surface area (Å²) in [5, 5.41) is 12.1. The lowest BCUT2D eigenvalue weighted by molar-refractivity contribution is -0.129. The first-order valence-electron chi connectivity index (χ1n) is 10.1. The van der Waals surface area contributed by atoms with Gasteiger partial charge in [0.05, 0.1) is 17.9 Å². The van der Waals surface area contributed by atoms with Gasteiger partial charge in [0.2, 0.25) is 5.91 Å². The van der Waals surface area contributed by atoms with Crippen molar-refractivity contribution < 1.29 is 14.7 Å². The zero-order valence-electron chi connectivity index (χ0n) is 16.8. The summed E-state index contributed by atoms with van der Waals surface area (Å²) in [6, 6.07) is 14.8. The average molecular weight is 413 g/mol. The van der Waals surface area contributed by atoms with Crippen molar-refractivity contribution in [2.45, 2.75) is 49.6 Å². The lowest BCUT2D eigenvalue weighted by Crippen LogP contribution is -2.39. The molecule has 0 bridgehead atoms. The summed E-state index contributed by atoms with van der Waals surface area (Å²) in [5.41, 5.74) is 1.91. The molecule has 0 saturated heterocycles. The summed E-state index contributed by atoms with van der Waals surface area (Å²) in [6.45, 7) is -0.0766. The SMILES string of the molecule is CN(C(=O)CSc1ccccc1C(=O)Nc1cccc(CO)c1)C1CCCCC1. The van der Waals surface area contributed by atoms with Crippen LogP contribution in [0.2, 0.25) is 0 Å². The molecule has 1 fully saturated rings. The van der Waals surface area contributed by atoms with E-state index < -0.39 is 0 Å². The molecule has 2 N–H and O–H groups in total. The van der Waals surface area contributed by atoms with Crippen LogP contribution in [0.4, 0.5) is 5.69 Å². The van der Waals surface area contributed by atoms with Crippen molar-refractivity contribution in [3.63, 3.8) is 0 Å². The van der Waals surface area contributed by atoms with Gasteiger partial charge in [-0.15, -0.1) is 11.8 Å². The zero-order chi connectivity index (χ0) is 20.6. The number of carbonyl (C=O) groups excluding carboxylic acids is 2. The van der Waals surface area contributed by atoms with Gasteiger partial charge in [-0.3, -0.25) is 9.59 Å². The Morgan fingerprint density at radius 2 is 1.86 bits per heavy atom. The summed E-state index contributed by atoms with van der Waals surface area (Å²) in [6.07, 6.45) is 5.81. The summed E-state index contributed by atoms with van der Waals surface area (Å²) < 4.78 is 0. The highest BCUT2D eigenvalue weighted by molar-refractivity contribution is 8.00. The molecule has 0 aromatic heterocycles. The maximum absolute atomic E-state index is 12.8. The van der Waals surface area contributed by atoms with Crippen molar-refractivity contribution in [1.29, 1.82) is 0 Å². The normalized spacial score (nSPS) is 14.4. The van der Waals surface area contributed by atoms with Gasteiger partial charge in [0.1, 0.15) is 0 Å². The van der Waals surface area contributed by atoms with Crippen molar-refractivity contribution in [2.75, 3.05) is 18.1 Å². The highest BCUT2D eigenvalue weighted by Gasteiger charge is 2.22. The molecule has 0 radical (unpaired) electrons. The number of anilines is 1. The molecule has 2 aromatic rings. The van der Waals surface area contributed by atoms with Gasteiger partial charge in [0.15, 0.2) is 0 Å². The number of amides is 2. The molecule has 1 aliphatic carbocycles. The topological polar surface area (TPSA) is 69.6 Å². The minimum atomic E-state index is -0.226. The fourth-order valence-corrected chi connectivity index (χ4v) is 4.61. The molecule has 154 valence electrons. The molecule has 0 atom stereocenters. The van der Waals surface area contributed by atoms with E-state index in [1.807, 2.05) is 30.1 Å². The van der Waals surface area contributed by atoms with Crippen LogP contribution in [0, 0.1) is 0 Å². The van der Waals surface area contributed by atoms with Crippen LogP contribution in [0.1, 0.15) is 48.0 Å². The van der Waals surface area contributed by atoms with Gasteiger partial charge in [0, 0.05) is 23.7 Å². The summed E-state index contributed by atoms with van der Waals surface area (Å²) in [5.74, 6) is 0.195. The largest absolute Gasteiger partial charge is 0.392 e. The van der Waals surface area contributed by atoms with Gasteiger partial charge in [-0.2, -0.15) is 0 Å². The predicted octanol–water partition coefficient (Wildman–Crippen LogP) is 4.31. The molecular weight excluding hydrogens is 384 g/mol. The van der Waals surface area contributed by atoms with E-state index in [1.54, 1.807) is 30.3 Å². The van der Waals surface area contributed by atoms with E-state index in [1.165, 1.54) is 31.0 Å². The number of benzene rings is 2. The van der Waals surface area contributed by atoms with E-state index in [-0.39, 0.29) is 18.4 Å². The van der Waals surface area contributed by atoms with Crippen molar-refractivity contribution in [1.82, 2.24) is 4.90 Å². The molecule has 0 aliphatic heterocycles. The molecular formula is C23H28N2O3S. The Hall–Kier alpha value is -2.31. The molecule has 1 saturated carbocycles. The lowest BCUT2D eigenvalue weighted by atomic mass is 9.94. The summed E-state index contributed by atoms with van der Waals surface area (Å²) in [4.78, 5) is 28.1. The zero-order valence-corrected chi connectivity index (χ0v) is 17.6. The van der Waals surface area contributed by atoms with E-state index in [4.69, 9.17) is 0 Å². The second-order valence-electron chi connectivity index (χ2n) is 7.39. The first-order chi connectivity index (χ1) is 14.1. The first kappa shape index (κ1) is 21.4. The second-order valence-corrected chi connectivity index (χ2v) is 8.41. The fraction of sp³-hybridized carbons (Fsp3) is 0.391. The van der Waals surface area contributed by atoms with Gasteiger partial charge in [-0.1, -0.05) is 43.5 Å². The second kappa shape index (κ2) is 10.5. The average Bonchev–Trinajstić information content (AvgIpc) is 2.77. The quantitative estimate of drug-likeness (QED) is 0.665. The minimum absolute atomic E-state index is 0.0766. The third-order valence-electron chi connectivity index (χ3n) is 5.37. The van der Waals surface area contributed by atoms with Crippen molar-refractivity contribution >= 4 is 29.3 Å². The smallest absolute Gasteiger partial charge is 0.256 e. The molecule has 6 heteroatoms. The van der Waals surface area contributed by atoms with Crippen LogP contribution in [-0.2, 0) is 11.4 Å². The summed E-state index contributed by atoms with van der Waals surface area (Å²) in [7, 11) is 1.89. The number of aliphatic hydroxyl groups is 1. The van der Waals surface area contributed by atoms with E-state index in [0.29, 0.717) is 23.0 Å². The number of aliphatic hydroxyl groups excluding tert-OH is 1. The Labute approximate surface area is 176 Å². The third kappa shape index (κ3) is 5.84. The van der Waals surface area contributed by atoms with Crippen molar-refractivity contribution in [3.05, 3.63) is 59.7 Å². The predicted molar refractivity (Wildman–Crippen MR) is 117 cm³/mol. The molecule has 2 amide bonds. The van der Waals surface area contributed by atoms with E-state index in [0.717, 1.165) is 23.3 Å². The van der Waals surface area contributed by atoms with Gasteiger partial charge < -0.3 is 15.3 Å². The Balaban J connectivity index is 1.63. The van der Waals surface area contributed by atoms with Gasteiger partial charge >= 0.3 is 0 Å². The number of hydrogen-bond donors (Lipinski definition) is 2. The number of nitrogens with one attached hydrogen (secondary N) is 1. The van der Waals surface area contributed by atoms with Crippen LogP contribution < -0.4 is 5.32 Å². The van der Waals surface area contributed by atoms with Crippen LogP contribution in [0.3, 0.4) is 0 Å². The maximum atomic E-state index is 12.8. The number of rotatable bonds is 7. The number of thioether (sulfide) groups is 1. The van der Waals surface area contributed by atoms with Crippen LogP contribution in [0.15, 0.2) is 53.4 Å². The van der Waals surface area contributed by atoms with Gasteiger partial charge in [-0.25, -0.2) is 0 Å². The molecule has 2 aromatic carbocycles. The third-order valence-corrected chi connectivity index (χ3v) is 6.42. The minimum Gasteiger partial charge on any atom is -0.392 e. The van der Waals surface area contributed by atoms with Crippen molar-refractivity contribution in [3.8, 4) is 0 Å². The lowest BCUT2D eigenvalue weighted by Gasteiger charge is -2.31. The molecule has 0 spiro atoms. The van der Waals surface area contributed by atoms with Crippen molar-refractivity contribution in [2.24, 2.45) is 0 Å². The van der Waals surface area contributed by atoms with Gasteiger partial charge in [0.25, 0.3) is 5.91 Å². The van der Waals surface area contributed by atoms with Gasteiger partial charge in [-0.05, 0) is 42.7 Å². The Kier molecular flexibility index (Phi) is 7.72. The molecule has 0 unspecified atom stereocenters. The molecule has 3 rings (SSSR count). The summed E-state index contributed by atoms with van der Waals surface area (Å²) >= 11 is 1.40. The Morgan fingerprint density at radius 3 is 2.62 bits per heavy atom. The highest BCUT2D eigenvalue weighted by Crippen LogP contribution is 2.26. The fourth-order valence-electron chi connectivity index (χ4n) is 3.64. The number of nitrogens with zero attached hydrogens (tertiary/aromatic N) is 1. The van der Waals surface area contributed by atoms with Crippen LogP contribution in [-0.4, -0.2) is 40.7 Å². The Morgan fingerprint density at radius 1 is 1.10 bits per heavy atom. The number of hydrogen-bond acceptors (Lipinski definition) is 4. The van der Waals surface area contributed by atoms with E-state index >= 15 is 0 Å². The highest BCUT2D eigenvalue weighted by atomic mass is 32.2. The van der Waals surface area contributed by atoms with E-state index in [9.17, 15) is 14.7 Å². The maximum Gasteiger partial charge on any atom is 0.256 e. The molecule has 5 nitrogen and oxygen atoms in total. The van der Waals surface area contributed by atoms with Crippen LogP contribution in [0.25, 0.3) is 0 Å². The Bertz CT molecular complexity index is 850. The standard InChI is InChI=1S/C23H28N2O3S/c1-25(19-10-3-2-4-11-19)22(27)16-29-21-13-6-5-12-20(21)23(28)24-18-9-7-8-17(14-18)15-26/h5-9,12-14,19,26H,2-4,10-11,15-16H2,1H3,(H,24,28). The van der Waals surface area contributed by atoms with E-state index in [2.05, 4.69) is 5.32 Å². The monoisotopic (exact) mass is 412 g/mol. The number of carbonyl (C=O) groups is 2. The van der Waals surface area contributed by atoms with Crippen LogP contribution >= 0.6 is 11.8 Å². The molecule has 0 heterocycles. The molecule has 29 heavy (non-hydrogen) atoms.